The molecule has 0 spiro atoms. The summed E-state index contributed by atoms with van der Waals surface area (Å²) in [6.45, 7) is 0. The zero-order chi connectivity index (χ0) is 29.5. The Balaban J connectivity index is 1.23. The van der Waals surface area contributed by atoms with Gasteiger partial charge in [-0.2, -0.15) is 0 Å². The fraction of sp³-hybridized carbons (Fsp3) is 0. The number of furan rings is 1. The molecule has 0 fully saturated rings. The van der Waals surface area contributed by atoms with Crippen LogP contribution in [0.4, 0.5) is 0 Å². The Morgan fingerprint density at radius 3 is 1.91 bits per heavy atom. The Morgan fingerprint density at radius 2 is 1.07 bits per heavy atom. The summed E-state index contributed by atoms with van der Waals surface area (Å²) in [6, 6.07) is 49.3. The molecule has 4 aromatic heterocycles. The summed E-state index contributed by atoms with van der Waals surface area (Å²) in [4.78, 5) is 9.43. The number of fused-ring (bicyclic) bond motifs is 9. The number of benzene rings is 6. The summed E-state index contributed by atoms with van der Waals surface area (Å²) in [6.07, 6.45) is 1.64. The number of aromatic nitrogens is 4. The normalized spacial score (nSPS) is 12.0. The second kappa shape index (κ2) is 9.15. The van der Waals surface area contributed by atoms with Crippen molar-refractivity contribution >= 4 is 65.7 Å². The molecule has 0 atom stereocenters. The van der Waals surface area contributed by atoms with Crippen LogP contribution in [0, 0.1) is 0 Å². The van der Waals surface area contributed by atoms with Gasteiger partial charge in [0.25, 0.3) is 0 Å². The maximum absolute atomic E-state index is 6.40. The minimum Gasteiger partial charge on any atom is -0.450 e. The van der Waals surface area contributed by atoms with Crippen molar-refractivity contribution < 1.29 is 4.42 Å². The van der Waals surface area contributed by atoms with Gasteiger partial charge in [0, 0.05) is 32.6 Å². The van der Waals surface area contributed by atoms with Crippen LogP contribution in [0.3, 0.4) is 0 Å². The van der Waals surface area contributed by atoms with Gasteiger partial charge in [-0.1, -0.05) is 84.9 Å². The lowest BCUT2D eigenvalue weighted by Crippen LogP contribution is -1.98. The molecule has 0 aliphatic heterocycles. The molecule has 5 heteroatoms. The van der Waals surface area contributed by atoms with Crippen LogP contribution in [0.1, 0.15) is 0 Å². The lowest BCUT2D eigenvalue weighted by atomic mass is 10.0. The fourth-order valence-corrected chi connectivity index (χ4v) is 7.06. The van der Waals surface area contributed by atoms with Gasteiger partial charge in [-0.25, -0.2) is 9.97 Å². The monoisotopic (exact) mass is 576 g/mol. The van der Waals surface area contributed by atoms with E-state index in [1.807, 2.05) is 24.3 Å². The summed E-state index contributed by atoms with van der Waals surface area (Å²) in [7, 11) is 0. The molecule has 0 unspecified atom stereocenters. The highest BCUT2D eigenvalue weighted by molar-refractivity contribution is 6.13. The average molecular weight is 577 g/mol. The third-order valence-corrected chi connectivity index (χ3v) is 9.05. The van der Waals surface area contributed by atoms with Gasteiger partial charge in [-0.3, -0.25) is 4.57 Å². The van der Waals surface area contributed by atoms with Crippen molar-refractivity contribution in [3.63, 3.8) is 0 Å². The van der Waals surface area contributed by atoms with E-state index < -0.39 is 0 Å². The van der Waals surface area contributed by atoms with Gasteiger partial charge < -0.3 is 8.98 Å². The molecule has 4 heterocycles. The first-order valence-corrected chi connectivity index (χ1v) is 15.1. The maximum Gasteiger partial charge on any atom is 0.197 e. The smallest absolute Gasteiger partial charge is 0.197 e. The van der Waals surface area contributed by atoms with E-state index in [9.17, 15) is 0 Å². The van der Waals surface area contributed by atoms with Gasteiger partial charge in [0.2, 0.25) is 0 Å². The van der Waals surface area contributed by atoms with Crippen LogP contribution in [0.25, 0.3) is 88.3 Å². The summed E-state index contributed by atoms with van der Waals surface area (Å²) < 4.78 is 11.0. The minimum absolute atomic E-state index is 0.682. The predicted octanol–water partition coefficient (Wildman–Crippen LogP) is 10.2. The second-order valence-electron chi connectivity index (χ2n) is 11.5. The highest BCUT2D eigenvalue weighted by atomic mass is 16.3. The third kappa shape index (κ3) is 3.43. The van der Waals surface area contributed by atoms with Crippen molar-refractivity contribution in [1.29, 1.82) is 0 Å². The Labute approximate surface area is 257 Å². The molecule has 0 aliphatic carbocycles. The van der Waals surface area contributed by atoms with E-state index in [-0.39, 0.29) is 0 Å². The summed E-state index contributed by atoms with van der Waals surface area (Å²) >= 11 is 0. The number of hydrogen-bond acceptors (Lipinski definition) is 3. The Morgan fingerprint density at radius 1 is 0.444 bits per heavy atom. The molecule has 0 saturated heterocycles. The van der Waals surface area contributed by atoms with Crippen LogP contribution in [0.5, 0.6) is 0 Å². The van der Waals surface area contributed by atoms with Crippen molar-refractivity contribution in [1.82, 2.24) is 19.1 Å². The van der Waals surface area contributed by atoms with E-state index in [0.29, 0.717) is 5.58 Å². The van der Waals surface area contributed by atoms with E-state index in [4.69, 9.17) is 9.40 Å². The van der Waals surface area contributed by atoms with Crippen LogP contribution < -0.4 is 0 Å². The van der Waals surface area contributed by atoms with Crippen molar-refractivity contribution in [2.75, 3.05) is 0 Å². The quantitative estimate of drug-likeness (QED) is 0.210. The van der Waals surface area contributed by atoms with E-state index in [0.717, 1.165) is 50.2 Å². The highest BCUT2D eigenvalue weighted by Crippen LogP contribution is 2.39. The van der Waals surface area contributed by atoms with Crippen molar-refractivity contribution in [2.45, 2.75) is 0 Å². The molecule has 0 aliphatic rings. The van der Waals surface area contributed by atoms with Gasteiger partial charge in [0.1, 0.15) is 17.4 Å². The number of para-hydroxylation sites is 4. The Hall–Kier alpha value is -6.20. The number of rotatable bonds is 3. The van der Waals surface area contributed by atoms with Gasteiger partial charge in [-0.15, -0.1) is 0 Å². The lowest BCUT2D eigenvalue weighted by Gasteiger charge is -2.09. The summed E-state index contributed by atoms with van der Waals surface area (Å²) in [5.74, 6) is 0.737. The number of nitrogens with zero attached hydrogens (tertiary/aromatic N) is 4. The first kappa shape index (κ1) is 24.3. The largest absolute Gasteiger partial charge is 0.450 e. The average Bonchev–Trinajstić information content (AvgIpc) is 3.76. The van der Waals surface area contributed by atoms with Gasteiger partial charge >= 0.3 is 0 Å². The molecule has 10 aromatic rings. The third-order valence-electron chi connectivity index (χ3n) is 9.05. The molecule has 0 bridgehead atoms. The van der Waals surface area contributed by atoms with Gasteiger partial charge in [0.05, 0.1) is 22.1 Å². The SMILES string of the molecule is c1ccc(-n2c3ccccc3c3cc(-c4ccc5c6ccccc6n(-c6ncnc7c6oc6ccccc67)c5c4)ccc32)cc1. The van der Waals surface area contributed by atoms with Crippen molar-refractivity contribution in [3.8, 4) is 22.6 Å². The molecule has 5 nitrogen and oxygen atoms in total. The zero-order valence-electron chi connectivity index (χ0n) is 24.1. The molecular weight excluding hydrogens is 552 g/mol. The van der Waals surface area contributed by atoms with E-state index >= 15 is 0 Å². The van der Waals surface area contributed by atoms with Crippen molar-refractivity contribution in [2.24, 2.45) is 0 Å². The molecule has 0 N–H and O–H groups in total. The first-order valence-electron chi connectivity index (χ1n) is 15.1. The Bertz CT molecular complexity index is 2770. The standard InChI is InChI=1S/C40H24N4O/c1-2-10-27(11-3-1)43-33-15-7-5-13-29(33)32-22-25(19-21-35(32)43)26-18-20-30-28-12-4-8-16-34(28)44(36(30)23-26)40-39-38(41-24-42-40)31-14-6-9-17-37(31)45-39/h1-24H. The van der Waals surface area contributed by atoms with Crippen LogP contribution in [0.2, 0.25) is 0 Å². The molecule has 45 heavy (non-hydrogen) atoms. The topological polar surface area (TPSA) is 48.8 Å². The lowest BCUT2D eigenvalue weighted by molar-refractivity contribution is 0.662. The molecule has 6 aromatic carbocycles. The Kier molecular flexibility index (Phi) is 4.93. The predicted molar refractivity (Wildman–Crippen MR) is 183 cm³/mol. The maximum atomic E-state index is 6.40. The summed E-state index contributed by atoms with van der Waals surface area (Å²) in [5, 5.41) is 5.79. The van der Waals surface area contributed by atoms with Crippen LogP contribution in [0.15, 0.2) is 150 Å². The minimum atomic E-state index is 0.682. The second-order valence-corrected chi connectivity index (χ2v) is 11.5. The molecule has 10 rings (SSSR count). The van der Waals surface area contributed by atoms with Crippen LogP contribution in [-0.4, -0.2) is 19.1 Å². The molecular formula is C40H24N4O. The van der Waals surface area contributed by atoms with Crippen LogP contribution in [-0.2, 0) is 0 Å². The number of hydrogen-bond donors (Lipinski definition) is 0. The first-order chi connectivity index (χ1) is 22.3. The van der Waals surface area contributed by atoms with E-state index in [2.05, 4.69) is 129 Å². The molecule has 0 radical (unpaired) electrons. The van der Waals surface area contributed by atoms with E-state index in [1.54, 1.807) is 6.33 Å². The highest BCUT2D eigenvalue weighted by Gasteiger charge is 2.20. The van der Waals surface area contributed by atoms with Gasteiger partial charge in [-0.05, 0) is 65.7 Å². The van der Waals surface area contributed by atoms with E-state index in [1.165, 1.54) is 32.6 Å². The zero-order valence-corrected chi connectivity index (χ0v) is 24.1. The molecule has 0 saturated carbocycles. The van der Waals surface area contributed by atoms with Crippen LogP contribution >= 0.6 is 0 Å². The van der Waals surface area contributed by atoms with Crippen molar-refractivity contribution in [3.05, 3.63) is 146 Å². The van der Waals surface area contributed by atoms with Gasteiger partial charge in [0.15, 0.2) is 11.4 Å². The molecule has 210 valence electrons. The fourth-order valence-electron chi connectivity index (χ4n) is 7.06. The molecule has 0 amide bonds. The summed E-state index contributed by atoms with van der Waals surface area (Å²) in [5.41, 5.74) is 10.3.